The van der Waals surface area contributed by atoms with Gasteiger partial charge in [0.05, 0.1) is 40.3 Å². The summed E-state index contributed by atoms with van der Waals surface area (Å²) in [4.78, 5) is 27.9. The number of hydrogen-bond donors (Lipinski definition) is 3. The molecule has 1 aliphatic heterocycles. The van der Waals surface area contributed by atoms with E-state index in [2.05, 4.69) is 25.2 Å². The average molecular weight is 421 g/mol. The van der Waals surface area contributed by atoms with Crippen LogP contribution in [0.2, 0.25) is 0 Å². The molecule has 0 bridgehead atoms. The Morgan fingerprint density at radius 1 is 1.19 bits per heavy atom. The summed E-state index contributed by atoms with van der Waals surface area (Å²) in [6.07, 6.45) is 5.24. The van der Waals surface area contributed by atoms with E-state index in [4.69, 9.17) is 11.5 Å². The summed E-state index contributed by atoms with van der Waals surface area (Å²) in [6, 6.07) is 8.02. The molecule has 8 nitrogen and oxygen atoms in total. The first kappa shape index (κ1) is 20.7. The van der Waals surface area contributed by atoms with Gasteiger partial charge in [0.25, 0.3) is 5.91 Å². The fourth-order valence-corrected chi connectivity index (χ4v) is 3.65. The molecular formula is C22H24FN7O. The first-order valence-corrected chi connectivity index (χ1v) is 10.1. The molecule has 0 radical (unpaired) electrons. The van der Waals surface area contributed by atoms with Gasteiger partial charge in [-0.1, -0.05) is 0 Å². The molecule has 4 rings (SSSR count). The highest BCUT2D eigenvalue weighted by molar-refractivity contribution is 6.07. The second-order valence-corrected chi connectivity index (χ2v) is 7.59. The van der Waals surface area contributed by atoms with Gasteiger partial charge in [-0.2, -0.15) is 0 Å². The molecule has 9 heteroatoms. The third-order valence-corrected chi connectivity index (χ3v) is 5.27. The second kappa shape index (κ2) is 8.65. The molecule has 1 unspecified atom stereocenters. The molecule has 160 valence electrons. The first-order valence-electron chi connectivity index (χ1n) is 10.1. The highest BCUT2D eigenvalue weighted by Crippen LogP contribution is 2.28. The number of aryl methyl sites for hydroxylation is 1. The number of piperidine rings is 1. The normalized spacial score (nSPS) is 16.2. The molecule has 1 atom stereocenters. The fraction of sp³-hybridized carbons (Fsp3) is 0.273. The summed E-state index contributed by atoms with van der Waals surface area (Å²) in [5, 5.41) is 2.87. The Morgan fingerprint density at radius 3 is 2.74 bits per heavy atom. The van der Waals surface area contributed by atoms with Gasteiger partial charge in [-0.3, -0.25) is 9.78 Å². The van der Waals surface area contributed by atoms with Crippen molar-refractivity contribution in [3.63, 3.8) is 0 Å². The van der Waals surface area contributed by atoms with Crippen LogP contribution in [0.15, 0.2) is 42.7 Å². The van der Waals surface area contributed by atoms with Gasteiger partial charge in [0.1, 0.15) is 5.82 Å². The smallest absolute Gasteiger partial charge is 0.276 e. The van der Waals surface area contributed by atoms with Crippen LogP contribution in [-0.4, -0.2) is 40.0 Å². The molecular weight excluding hydrogens is 397 g/mol. The van der Waals surface area contributed by atoms with E-state index < -0.39 is 11.7 Å². The number of halogens is 1. The Bertz CT molecular complexity index is 1120. The Kier molecular flexibility index (Phi) is 5.77. The van der Waals surface area contributed by atoms with Crippen molar-refractivity contribution in [2.24, 2.45) is 5.73 Å². The lowest BCUT2D eigenvalue weighted by Gasteiger charge is -2.33. The number of hydrogen-bond acceptors (Lipinski definition) is 7. The number of carbonyl (C=O) groups excluding carboxylic acids is 1. The molecule has 0 saturated carbocycles. The zero-order valence-electron chi connectivity index (χ0n) is 17.2. The highest BCUT2D eigenvalue weighted by atomic mass is 19.1. The molecule has 0 aromatic carbocycles. The Labute approximate surface area is 179 Å². The number of nitrogen functional groups attached to an aromatic ring is 1. The van der Waals surface area contributed by atoms with Gasteiger partial charge in [-0.25, -0.2) is 14.4 Å². The highest BCUT2D eigenvalue weighted by Gasteiger charge is 2.21. The van der Waals surface area contributed by atoms with Crippen LogP contribution < -0.4 is 21.7 Å². The molecule has 4 heterocycles. The number of carbonyl (C=O) groups is 1. The number of rotatable bonds is 4. The lowest BCUT2D eigenvalue weighted by atomic mass is 10.1. The summed E-state index contributed by atoms with van der Waals surface area (Å²) in [7, 11) is 0. The predicted octanol–water partition coefficient (Wildman–Crippen LogP) is 2.75. The zero-order valence-corrected chi connectivity index (χ0v) is 17.2. The van der Waals surface area contributed by atoms with E-state index >= 15 is 0 Å². The SMILES string of the molecule is Cc1nc(-c2ccc(N)c(C(=O)Nc3cnccc3N3CCCC(N)C3)n2)ccc1F. The standard InChI is InChI=1S/C22H24FN7O/c1-13-15(23)4-6-17(27-13)18-7-5-16(25)21(28-18)22(31)29-19-11-26-9-8-20(19)30-10-2-3-14(24)12-30/h4-9,11,14H,2-3,10,12,24-25H2,1H3,(H,29,31). The molecule has 0 spiro atoms. The Balaban J connectivity index is 1.62. The van der Waals surface area contributed by atoms with E-state index in [-0.39, 0.29) is 23.1 Å². The van der Waals surface area contributed by atoms with Crippen LogP contribution in [0.4, 0.5) is 21.5 Å². The monoisotopic (exact) mass is 421 g/mol. The third-order valence-electron chi connectivity index (χ3n) is 5.27. The van der Waals surface area contributed by atoms with Crippen molar-refractivity contribution in [3.05, 3.63) is 59.9 Å². The lowest BCUT2D eigenvalue weighted by molar-refractivity contribution is 0.102. The van der Waals surface area contributed by atoms with Gasteiger partial charge in [0, 0.05) is 25.3 Å². The van der Waals surface area contributed by atoms with Gasteiger partial charge in [-0.05, 0) is 50.1 Å². The molecule has 1 saturated heterocycles. The maximum absolute atomic E-state index is 13.6. The van der Waals surface area contributed by atoms with Crippen molar-refractivity contribution in [3.8, 4) is 11.4 Å². The number of nitrogens with two attached hydrogens (primary N) is 2. The van der Waals surface area contributed by atoms with E-state index in [1.165, 1.54) is 12.1 Å². The van der Waals surface area contributed by atoms with E-state index in [1.54, 1.807) is 31.5 Å². The Hall–Kier alpha value is -3.59. The first-order chi connectivity index (χ1) is 14.9. The zero-order chi connectivity index (χ0) is 22.0. The quantitative estimate of drug-likeness (QED) is 0.592. The van der Waals surface area contributed by atoms with Gasteiger partial charge in [0.15, 0.2) is 5.69 Å². The van der Waals surface area contributed by atoms with E-state index in [1.807, 2.05) is 6.07 Å². The van der Waals surface area contributed by atoms with E-state index in [0.717, 1.165) is 25.1 Å². The predicted molar refractivity (Wildman–Crippen MR) is 118 cm³/mol. The van der Waals surface area contributed by atoms with Crippen molar-refractivity contribution in [2.75, 3.05) is 29.0 Å². The van der Waals surface area contributed by atoms with E-state index in [0.29, 0.717) is 23.6 Å². The molecule has 1 aliphatic rings. The summed E-state index contributed by atoms with van der Waals surface area (Å²) in [5.74, 6) is -0.868. The average Bonchev–Trinajstić information content (AvgIpc) is 2.76. The van der Waals surface area contributed by atoms with Crippen LogP contribution in [0.5, 0.6) is 0 Å². The van der Waals surface area contributed by atoms with Crippen LogP contribution in [0, 0.1) is 12.7 Å². The maximum atomic E-state index is 13.6. The minimum absolute atomic E-state index is 0.0615. The number of aromatic nitrogens is 3. The molecule has 1 fully saturated rings. The number of anilines is 3. The topological polar surface area (TPSA) is 123 Å². The summed E-state index contributed by atoms with van der Waals surface area (Å²) in [6.45, 7) is 3.13. The summed E-state index contributed by atoms with van der Waals surface area (Å²) in [5.41, 5.74) is 15.0. The van der Waals surface area contributed by atoms with Crippen LogP contribution in [-0.2, 0) is 0 Å². The molecule has 3 aromatic rings. The number of nitrogens with zero attached hydrogens (tertiary/aromatic N) is 4. The fourth-order valence-electron chi connectivity index (χ4n) is 3.65. The maximum Gasteiger partial charge on any atom is 0.276 e. The van der Waals surface area contributed by atoms with Crippen molar-refractivity contribution in [2.45, 2.75) is 25.8 Å². The number of amides is 1. The van der Waals surface area contributed by atoms with Crippen molar-refractivity contribution >= 4 is 23.0 Å². The van der Waals surface area contributed by atoms with Crippen LogP contribution in [0.3, 0.4) is 0 Å². The second-order valence-electron chi connectivity index (χ2n) is 7.59. The van der Waals surface area contributed by atoms with Crippen LogP contribution in [0.1, 0.15) is 29.0 Å². The molecule has 3 aromatic heterocycles. The molecule has 0 aliphatic carbocycles. The van der Waals surface area contributed by atoms with Gasteiger partial charge in [-0.15, -0.1) is 0 Å². The van der Waals surface area contributed by atoms with Crippen molar-refractivity contribution in [1.82, 2.24) is 15.0 Å². The minimum atomic E-state index is -0.464. The van der Waals surface area contributed by atoms with Gasteiger partial charge in [0.2, 0.25) is 0 Å². The van der Waals surface area contributed by atoms with Crippen molar-refractivity contribution in [1.29, 1.82) is 0 Å². The molecule has 1 amide bonds. The number of pyridine rings is 3. The number of nitrogens with one attached hydrogen (secondary N) is 1. The van der Waals surface area contributed by atoms with Crippen LogP contribution >= 0.6 is 0 Å². The van der Waals surface area contributed by atoms with Gasteiger partial charge >= 0.3 is 0 Å². The van der Waals surface area contributed by atoms with Crippen LogP contribution in [0.25, 0.3) is 11.4 Å². The molecule has 31 heavy (non-hydrogen) atoms. The third kappa shape index (κ3) is 4.46. The Morgan fingerprint density at radius 2 is 1.97 bits per heavy atom. The largest absolute Gasteiger partial charge is 0.397 e. The minimum Gasteiger partial charge on any atom is -0.397 e. The van der Waals surface area contributed by atoms with Gasteiger partial charge < -0.3 is 21.7 Å². The lowest BCUT2D eigenvalue weighted by Crippen LogP contribution is -2.43. The van der Waals surface area contributed by atoms with E-state index in [9.17, 15) is 9.18 Å². The molecule has 5 N–H and O–H groups in total. The summed E-state index contributed by atoms with van der Waals surface area (Å²) >= 11 is 0. The van der Waals surface area contributed by atoms with Crippen molar-refractivity contribution < 1.29 is 9.18 Å². The summed E-state index contributed by atoms with van der Waals surface area (Å²) < 4.78 is 13.6.